The lowest BCUT2D eigenvalue weighted by Crippen LogP contribution is -2.40. The van der Waals surface area contributed by atoms with Gasteiger partial charge < -0.3 is 15.5 Å². The Balaban J connectivity index is 1.91. The number of carbonyl (C=O) groups is 1. The fourth-order valence-corrected chi connectivity index (χ4v) is 2.03. The van der Waals surface area contributed by atoms with Gasteiger partial charge in [-0.05, 0) is 24.7 Å². The second kappa shape index (κ2) is 2.11. The van der Waals surface area contributed by atoms with Crippen LogP contribution in [0, 0.1) is 11.8 Å². The van der Waals surface area contributed by atoms with Gasteiger partial charge in [0.2, 0.25) is 0 Å². The summed E-state index contributed by atoms with van der Waals surface area (Å²) in [6.45, 7) is 0. The highest BCUT2D eigenvalue weighted by atomic mass is 16.4. The van der Waals surface area contributed by atoms with Crippen molar-refractivity contribution in [1.82, 2.24) is 5.32 Å². The molecule has 1 amide bonds. The lowest BCUT2D eigenvalue weighted by Gasteiger charge is -2.16. The molecule has 0 aromatic carbocycles. The summed E-state index contributed by atoms with van der Waals surface area (Å²) in [7, 11) is 0. The Bertz CT molecular complexity index is 194. The molecule has 2 rings (SSSR count). The van der Waals surface area contributed by atoms with Gasteiger partial charge in [0, 0.05) is 0 Å². The molecule has 0 heterocycles. The van der Waals surface area contributed by atoms with E-state index in [4.69, 9.17) is 5.11 Å². The summed E-state index contributed by atoms with van der Waals surface area (Å²) in [6.07, 6.45) is 0.434. The minimum absolute atomic E-state index is 0.212. The van der Waals surface area contributed by atoms with Crippen LogP contribution in [0.15, 0.2) is 0 Å². The van der Waals surface area contributed by atoms with Crippen LogP contribution < -0.4 is 5.32 Å². The average molecular weight is 157 g/mol. The molecular weight excluding hydrogens is 146 g/mol. The second-order valence-corrected chi connectivity index (χ2v) is 3.44. The molecule has 4 nitrogen and oxygen atoms in total. The number of fused-ring (bicyclic) bond motifs is 1. The monoisotopic (exact) mass is 157 g/mol. The van der Waals surface area contributed by atoms with Gasteiger partial charge in [0.15, 0.2) is 0 Å². The van der Waals surface area contributed by atoms with Gasteiger partial charge in [-0.1, -0.05) is 0 Å². The number of aliphatic hydroxyl groups excluding tert-OH is 1. The summed E-state index contributed by atoms with van der Waals surface area (Å²) < 4.78 is 0. The number of nitrogens with one attached hydrogen (secondary N) is 1. The second-order valence-electron chi connectivity index (χ2n) is 3.44. The number of carboxylic acid groups (broad SMARTS) is 1. The SMILES string of the molecule is O=C(O)N[C@H]1C[C@H]2C[C@@H]2[C@H]1O. The van der Waals surface area contributed by atoms with Crippen LogP contribution in [0.4, 0.5) is 4.79 Å². The maximum atomic E-state index is 10.2. The van der Waals surface area contributed by atoms with Crippen LogP contribution in [0.2, 0.25) is 0 Å². The topological polar surface area (TPSA) is 69.6 Å². The van der Waals surface area contributed by atoms with Crippen molar-refractivity contribution in [3.8, 4) is 0 Å². The van der Waals surface area contributed by atoms with E-state index in [9.17, 15) is 9.90 Å². The standard InChI is InChI=1S/C7H11NO3/c9-6-4-1-3(4)2-5(6)8-7(10)11/h3-6,8-9H,1-2H2,(H,10,11)/t3-,4+,5+,6-/m1/s1. The largest absolute Gasteiger partial charge is 0.465 e. The van der Waals surface area contributed by atoms with Crippen LogP contribution in [-0.4, -0.2) is 28.5 Å². The Kier molecular flexibility index (Phi) is 1.32. The van der Waals surface area contributed by atoms with Gasteiger partial charge in [-0.2, -0.15) is 0 Å². The molecule has 0 unspecified atom stereocenters. The number of rotatable bonds is 1. The highest BCUT2D eigenvalue weighted by molar-refractivity contribution is 5.65. The van der Waals surface area contributed by atoms with E-state index in [1.165, 1.54) is 0 Å². The van der Waals surface area contributed by atoms with Crippen molar-refractivity contribution in [2.75, 3.05) is 0 Å². The van der Waals surface area contributed by atoms with E-state index in [2.05, 4.69) is 5.32 Å². The summed E-state index contributed by atoms with van der Waals surface area (Å²) in [5, 5.41) is 20.1. The first kappa shape index (κ1) is 6.91. The van der Waals surface area contributed by atoms with Crippen molar-refractivity contribution in [3.05, 3.63) is 0 Å². The summed E-state index contributed by atoms with van der Waals surface area (Å²) in [4.78, 5) is 10.2. The molecule has 4 heteroatoms. The van der Waals surface area contributed by atoms with Crippen molar-refractivity contribution in [2.45, 2.75) is 25.0 Å². The van der Waals surface area contributed by atoms with Gasteiger partial charge in [0.05, 0.1) is 12.1 Å². The molecular formula is C7H11NO3. The zero-order valence-electron chi connectivity index (χ0n) is 6.03. The molecule has 3 N–H and O–H groups in total. The Hall–Kier alpha value is -0.770. The summed E-state index contributed by atoms with van der Waals surface area (Å²) in [5.41, 5.74) is 0. The van der Waals surface area contributed by atoms with Crippen LogP contribution in [-0.2, 0) is 0 Å². The highest BCUT2D eigenvalue weighted by Crippen LogP contribution is 2.51. The number of amides is 1. The molecule has 2 aliphatic rings. The molecule has 0 aromatic heterocycles. The maximum Gasteiger partial charge on any atom is 0.404 e. The highest BCUT2D eigenvalue weighted by Gasteiger charge is 2.53. The Labute approximate surface area is 64.2 Å². The maximum absolute atomic E-state index is 10.2. The van der Waals surface area contributed by atoms with E-state index < -0.39 is 12.2 Å². The molecule has 4 atom stereocenters. The van der Waals surface area contributed by atoms with Crippen LogP contribution in [0.1, 0.15) is 12.8 Å². The molecule has 0 bridgehead atoms. The van der Waals surface area contributed by atoms with E-state index in [1.54, 1.807) is 0 Å². The minimum Gasteiger partial charge on any atom is -0.465 e. The van der Waals surface area contributed by atoms with E-state index in [0.29, 0.717) is 11.8 Å². The van der Waals surface area contributed by atoms with Crippen molar-refractivity contribution in [1.29, 1.82) is 0 Å². The predicted octanol–water partition coefficient (Wildman–Crippen LogP) is 0.0233. The number of aliphatic hydroxyl groups is 1. The third-order valence-corrected chi connectivity index (χ3v) is 2.69. The van der Waals surface area contributed by atoms with Crippen molar-refractivity contribution in [2.24, 2.45) is 11.8 Å². The van der Waals surface area contributed by atoms with Crippen LogP contribution in [0.3, 0.4) is 0 Å². The number of hydrogen-bond acceptors (Lipinski definition) is 2. The zero-order valence-corrected chi connectivity index (χ0v) is 6.03. The zero-order chi connectivity index (χ0) is 8.01. The van der Waals surface area contributed by atoms with E-state index in [0.717, 1.165) is 12.8 Å². The third-order valence-electron chi connectivity index (χ3n) is 2.69. The summed E-state index contributed by atoms with van der Waals surface area (Å²) in [6, 6.07) is -0.212. The van der Waals surface area contributed by atoms with E-state index in [-0.39, 0.29) is 6.04 Å². The third kappa shape index (κ3) is 1.07. The lowest BCUT2D eigenvalue weighted by molar-refractivity contribution is 0.119. The van der Waals surface area contributed by atoms with Crippen LogP contribution >= 0.6 is 0 Å². The van der Waals surface area contributed by atoms with E-state index >= 15 is 0 Å². The van der Waals surface area contributed by atoms with Crippen LogP contribution in [0.25, 0.3) is 0 Å². The minimum atomic E-state index is -1.03. The van der Waals surface area contributed by atoms with Gasteiger partial charge in [-0.25, -0.2) is 4.79 Å². The summed E-state index contributed by atoms with van der Waals surface area (Å²) in [5.74, 6) is 0.966. The fourth-order valence-electron chi connectivity index (χ4n) is 2.03. The first-order chi connectivity index (χ1) is 5.18. The Morgan fingerprint density at radius 2 is 2.18 bits per heavy atom. The van der Waals surface area contributed by atoms with Gasteiger partial charge in [-0.15, -0.1) is 0 Å². The molecule has 11 heavy (non-hydrogen) atoms. The molecule has 2 fully saturated rings. The summed E-state index contributed by atoms with van der Waals surface area (Å²) >= 11 is 0. The predicted molar refractivity (Wildman–Crippen MR) is 37.2 cm³/mol. The molecule has 0 aromatic rings. The molecule has 2 saturated carbocycles. The first-order valence-electron chi connectivity index (χ1n) is 3.86. The van der Waals surface area contributed by atoms with Gasteiger partial charge in [0.1, 0.15) is 0 Å². The van der Waals surface area contributed by atoms with Gasteiger partial charge >= 0.3 is 6.09 Å². The molecule has 0 saturated heterocycles. The quantitative estimate of drug-likeness (QED) is 0.502. The molecule has 0 aliphatic heterocycles. The normalized spacial score (nSPS) is 46.6. The average Bonchev–Trinajstić information content (AvgIpc) is 2.58. The smallest absolute Gasteiger partial charge is 0.404 e. The molecule has 62 valence electrons. The number of hydrogen-bond donors (Lipinski definition) is 3. The molecule has 0 spiro atoms. The van der Waals surface area contributed by atoms with E-state index in [1.807, 2.05) is 0 Å². The van der Waals surface area contributed by atoms with Crippen molar-refractivity contribution >= 4 is 6.09 Å². The van der Waals surface area contributed by atoms with Gasteiger partial charge in [0.25, 0.3) is 0 Å². The van der Waals surface area contributed by atoms with Crippen molar-refractivity contribution < 1.29 is 15.0 Å². The van der Waals surface area contributed by atoms with Crippen molar-refractivity contribution in [3.63, 3.8) is 0 Å². The molecule has 2 aliphatic carbocycles. The lowest BCUT2D eigenvalue weighted by atomic mass is 10.1. The Morgan fingerprint density at radius 1 is 1.45 bits per heavy atom. The van der Waals surface area contributed by atoms with Gasteiger partial charge in [-0.3, -0.25) is 0 Å². The molecule has 0 radical (unpaired) electrons. The van der Waals surface area contributed by atoms with Crippen LogP contribution in [0.5, 0.6) is 0 Å². The Morgan fingerprint density at radius 3 is 2.64 bits per heavy atom. The first-order valence-corrected chi connectivity index (χ1v) is 3.86. The fraction of sp³-hybridized carbons (Fsp3) is 0.857.